The van der Waals surface area contributed by atoms with Crippen LogP contribution in [0.4, 0.5) is 11.5 Å². The largest absolute Gasteiger partial charge is 0.388 e. The number of anilines is 2. The first kappa shape index (κ1) is 20.5. The summed E-state index contributed by atoms with van der Waals surface area (Å²) in [6, 6.07) is 22.7. The Morgan fingerprint density at radius 3 is 2.24 bits per heavy atom. The Balaban J connectivity index is 0.000000755. The third-order valence-electron chi connectivity index (χ3n) is 4.09. The quantitative estimate of drug-likeness (QED) is 0.437. The van der Waals surface area contributed by atoms with E-state index in [9.17, 15) is 4.79 Å². The Morgan fingerprint density at radius 1 is 0.897 bits per heavy atom. The number of ether oxygens (including phenoxy) is 1. The monoisotopic (exact) mass is 405 g/mol. The highest BCUT2D eigenvalue weighted by Crippen LogP contribution is 2.31. The van der Waals surface area contributed by atoms with Gasteiger partial charge in [-0.2, -0.15) is 0 Å². The van der Waals surface area contributed by atoms with Crippen LogP contribution in [-0.2, 0) is 4.74 Å². The van der Waals surface area contributed by atoms with Gasteiger partial charge in [0, 0.05) is 46.8 Å². The molecule has 6 heteroatoms. The average Bonchev–Trinajstić information content (AvgIpc) is 2.75. The lowest BCUT2D eigenvalue weighted by Crippen LogP contribution is -1.99. The Bertz CT molecular complexity index is 1110. The molecular weight excluding hydrogens is 386 g/mol. The van der Waals surface area contributed by atoms with Gasteiger partial charge in [-0.25, -0.2) is 0 Å². The van der Waals surface area contributed by atoms with Gasteiger partial charge in [0.05, 0.1) is 0 Å². The van der Waals surface area contributed by atoms with Crippen molar-refractivity contribution in [2.75, 3.05) is 19.5 Å². The van der Waals surface area contributed by atoms with Crippen LogP contribution in [0.1, 0.15) is 10.4 Å². The van der Waals surface area contributed by atoms with Gasteiger partial charge in [0.2, 0.25) is 0 Å². The number of aromatic nitrogens is 2. The molecule has 0 aliphatic carbocycles. The van der Waals surface area contributed by atoms with Crippen LogP contribution in [0.2, 0.25) is 5.02 Å². The number of halogens is 1. The van der Waals surface area contributed by atoms with E-state index in [0.29, 0.717) is 16.4 Å². The number of rotatable bonds is 4. The number of nitrogens with zero attached hydrogens (tertiary/aromatic N) is 2. The van der Waals surface area contributed by atoms with E-state index in [1.807, 2.05) is 60.7 Å². The maximum Gasteiger partial charge on any atom is 0.161 e. The topological polar surface area (TPSA) is 64.1 Å². The van der Waals surface area contributed by atoms with Gasteiger partial charge in [0.15, 0.2) is 5.82 Å². The molecule has 0 aliphatic rings. The molecule has 0 fully saturated rings. The van der Waals surface area contributed by atoms with Gasteiger partial charge < -0.3 is 10.1 Å². The zero-order valence-electron chi connectivity index (χ0n) is 16.1. The highest BCUT2D eigenvalue weighted by Gasteiger charge is 2.11. The molecule has 1 aromatic heterocycles. The summed E-state index contributed by atoms with van der Waals surface area (Å²) in [6.07, 6.45) is 0.825. The summed E-state index contributed by atoms with van der Waals surface area (Å²) in [6.45, 7) is 0. The van der Waals surface area contributed by atoms with Gasteiger partial charge in [-0.3, -0.25) is 4.79 Å². The van der Waals surface area contributed by atoms with Crippen LogP contribution < -0.4 is 5.32 Å². The molecule has 0 aliphatic heterocycles. The Kier molecular flexibility index (Phi) is 6.89. The zero-order valence-corrected chi connectivity index (χ0v) is 16.9. The zero-order chi connectivity index (χ0) is 20.6. The van der Waals surface area contributed by atoms with Crippen molar-refractivity contribution in [3.8, 4) is 11.3 Å². The van der Waals surface area contributed by atoms with E-state index in [-0.39, 0.29) is 0 Å². The van der Waals surface area contributed by atoms with Crippen LogP contribution in [0.5, 0.6) is 0 Å². The Morgan fingerprint density at radius 2 is 1.59 bits per heavy atom. The minimum Gasteiger partial charge on any atom is -0.388 e. The van der Waals surface area contributed by atoms with E-state index in [4.69, 9.17) is 11.6 Å². The Labute approximate surface area is 174 Å². The molecule has 3 aromatic carbocycles. The van der Waals surface area contributed by atoms with Crippen molar-refractivity contribution >= 4 is 40.2 Å². The van der Waals surface area contributed by atoms with Gasteiger partial charge in [-0.05, 0) is 18.2 Å². The van der Waals surface area contributed by atoms with E-state index in [1.54, 1.807) is 26.4 Å². The molecule has 1 N–H and O–H groups in total. The third-order valence-corrected chi connectivity index (χ3v) is 4.33. The summed E-state index contributed by atoms with van der Waals surface area (Å²) >= 11 is 6.06. The van der Waals surface area contributed by atoms with Gasteiger partial charge in [-0.1, -0.05) is 66.2 Å². The normalized spacial score (nSPS) is 10.2. The van der Waals surface area contributed by atoms with Crippen molar-refractivity contribution in [2.45, 2.75) is 0 Å². The van der Waals surface area contributed by atoms with Gasteiger partial charge in [0.1, 0.15) is 12.0 Å². The van der Waals surface area contributed by atoms with Gasteiger partial charge >= 0.3 is 0 Å². The summed E-state index contributed by atoms with van der Waals surface area (Å²) in [7, 11) is 3.25. The number of benzene rings is 3. The summed E-state index contributed by atoms with van der Waals surface area (Å²) in [5.74, 6) is 0.663. The number of nitrogens with one attached hydrogen (secondary N) is 1. The fourth-order valence-corrected chi connectivity index (χ4v) is 3.02. The lowest BCUT2D eigenvalue weighted by molar-refractivity contribution is 0.112. The van der Waals surface area contributed by atoms with E-state index < -0.39 is 0 Å². The minimum atomic E-state index is 0.630. The summed E-state index contributed by atoms with van der Waals surface area (Å²) < 4.78 is 4.25. The van der Waals surface area contributed by atoms with Crippen LogP contribution >= 0.6 is 11.6 Å². The second-order valence-corrected chi connectivity index (χ2v) is 6.66. The number of fused-ring (bicyclic) bond motifs is 1. The molecule has 0 atom stereocenters. The predicted octanol–water partition coefficient (Wildman–Crippen LogP) is 5.77. The summed E-state index contributed by atoms with van der Waals surface area (Å²) in [5, 5.41) is 14.7. The second-order valence-electron chi connectivity index (χ2n) is 6.23. The molecule has 0 spiro atoms. The van der Waals surface area contributed by atoms with E-state index in [1.165, 1.54) is 0 Å². The van der Waals surface area contributed by atoms with Gasteiger partial charge in [0.25, 0.3) is 0 Å². The lowest BCUT2D eigenvalue weighted by atomic mass is 10.0. The van der Waals surface area contributed by atoms with E-state index in [0.717, 1.165) is 34.0 Å². The van der Waals surface area contributed by atoms with Crippen LogP contribution in [-0.4, -0.2) is 30.7 Å². The van der Waals surface area contributed by atoms with Crippen molar-refractivity contribution in [3.05, 3.63) is 83.4 Å². The van der Waals surface area contributed by atoms with Crippen molar-refractivity contribution in [1.29, 1.82) is 0 Å². The second kappa shape index (κ2) is 9.78. The molecule has 0 amide bonds. The number of methoxy groups -OCH3 is 1. The average molecular weight is 406 g/mol. The van der Waals surface area contributed by atoms with Crippen LogP contribution in [0.15, 0.2) is 72.8 Å². The van der Waals surface area contributed by atoms with E-state index in [2.05, 4.69) is 20.3 Å². The molecule has 29 heavy (non-hydrogen) atoms. The number of carbonyl (C=O) groups excluding carboxylic acids is 1. The molecule has 1 heterocycles. The third kappa shape index (κ3) is 4.96. The van der Waals surface area contributed by atoms with Crippen molar-refractivity contribution in [3.63, 3.8) is 0 Å². The standard InChI is InChI=1S/C21H14ClN3O.C2H6O/c22-16-4-3-5-17(12-16)23-21-19-7-2-1-6-18(19)20(24-25-21)15-10-8-14(13-26)9-11-15;1-3-2/h1-13H,(H,23,25);1-2H3. The highest BCUT2D eigenvalue weighted by molar-refractivity contribution is 6.30. The first-order chi connectivity index (χ1) is 14.2. The number of hydrogen-bond acceptors (Lipinski definition) is 5. The molecule has 4 aromatic rings. The van der Waals surface area contributed by atoms with Crippen LogP contribution in [0.25, 0.3) is 22.0 Å². The number of aldehydes is 1. The van der Waals surface area contributed by atoms with Gasteiger partial charge in [-0.15, -0.1) is 10.2 Å². The maximum absolute atomic E-state index is 10.9. The van der Waals surface area contributed by atoms with Crippen molar-refractivity contribution in [1.82, 2.24) is 10.2 Å². The molecule has 0 radical (unpaired) electrons. The first-order valence-corrected chi connectivity index (χ1v) is 9.28. The van der Waals surface area contributed by atoms with Crippen LogP contribution in [0.3, 0.4) is 0 Å². The summed E-state index contributed by atoms with van der Waals surface area (Å²) in [5.41, 5.74) is 3.16. The fourth-order valence-electron chi connectivity index (χ4n) is 2.83. The molecule has 0 unspecified atom stereocenters. The lowest BCUT2D eigenvalue weighted by Gasteiger charge is -2.11. The number of hydrogen-bond donors (Lipinski definition) is 1. The van der Waals surface area contributed by atoms with Crippen LogP contribution in [0, 0.1) is 0 Å². The number of carbonyl (C=O) groups is 1. The molecule has 5 nitrogen and oxygen atoms in total. The van der Waals surface area contributed by atoms with Crippen molar-refractivity contribution < 1.29 is 9.53 Å². The smallest absolute Gasteiger partial charge is 0.161 e. The van der Waals surface area contributed by atoms with E-state index >= 15 is 0 Å². The SMILES string of the molecule is COC.O=Cc1ccc(-c2nnc(Nc3cccc(Cl)c3)c3ccccc23)cc1. The molecule has 0 bridgehead atoms. The summed E-state index contributed by atoms with van der Waals surface area (Å²) in [4.78, 5) is 10.9. The fraction of sp³-hybridized carbons (Fsp3) is 0.0870. The van der Waals surface area contributed by atoms with Crippen molar-refractivity contribution in [2.24, 2.45) is 0 Å². The molecule has 4 rings (SSSR count). The predicted molar refractivity (Wildman–Crippen MR) is 118 cm³/mol. The molecule has 0 saturated carbocycles. The molecular formula is C23H20ClN3O2. The maximum atomic E-state index is 10.9. The highest BCUT2D eigenvalue weighted by atomic mass is 35.5. The first-order valence-electron chi connectivity index (χ1n) is 8.90. The minimum absolute atomic E-state index is 0.630. The molecule has 146 valence electrons. The molecule has 0 saturated heterocycles. The Hall–Kier alpha value is -3.28.